The number of methoxy groups -OCH3 is 1. The van der Waals surface area contributed by atoms with Crippen molar-refractivity contribution >= 4 is 5.97 Å². The first kappa shape index (κ1) is 14.9. The summed E-state index contributed by atoms with van der Waals surface area (Å²) in [5, 5.41) is 3.44. The van der Waals surface area contributed by atoms with Gasteiger partial charge in [0.1, 0.15) is 5.69 Å². The van der Waals surface area contributed by atoms with E-state index in [1.54, 1.807) is 6.07 Å². The largest absolute Gasteiger partial charge is 0.464 e. The van der Waals surface area contributed by atoms with E-state index in [0.717, 1.165) is 31.9 Å². The summed E-state index contributed by atoms with van der Waals surface area (Å²) in [5.41, 5.74) is 1.29. The van der Waals surface area contributed by atoms with Gasteiger partial charge in [-0.25, -0.2) is 9.78 Å². The number of esters is 1. The quantitative estimate of drug-likeness (QED) is 0.825. The highest BCUT2D eigenvalue weighted by atomic mass is 16.5. The number of likely N-dealkylation sites (N-methyl/N-ethyl adjacent to an activating group) is 1. The molecule has 1 unspecified atom stereocenters. The van der Waals surface area contributed by atoms with Crippen LogP contribution in [0.25, 0.3) is 0 Å². The molecule has 1 atom stereocenters. The van der Waals surface area contributed by atoms with E-state index in [1.807, 2.05) is 12.1 Å². The zero-order valence-electron chi connectivity index (χ0n) is 12.3. The van der Waals surface area contributed by atoms with Gasteiger partial charge in [0.05, 0.1) is 12.8 Å². The van der Waals surface area contributed by atoms with Gasteiger partial charge in [-0.05, 0) is 38.1 Å². The predicted octanol–water partition coefficient (Wildman–Crippen LogP) is 1.44. The summed E-state index contributed by atoms with van der Waals surface area (Å²) in [6.45, 7) is 6.07. The standard InChI is InChI=1S/C15H23N3O2/c1-3-18(13-7-5-9-16-10-13)11-12-6-4-8-14(17-12)15(19)20-2/h4,6,8,13,16H,3,5,7,9-11H2,1-2H3. The second-order valence-electron chi connectivity index (χ2n) is 5.07. The van der Waals surface area contributed by atoms with Crippen molar-refractivity contribution in [2.45, 2.75) is 32.4 Å². The highest BCUT2D eigenvalue weighted by Crippen LogP contribution is 2.13. The number of carbonyl (C=O) groups excluding carboxylic acids is 1. The second-order valence-corrected chi connectivity index (χ2v) is 5.07. The molecule has 2 heterocycles. The van der Waals surface area contributed by atoms with Gasteiger partial charge >= 0.3 is 5.97 Å². The number of piperidine rings is 1. The number of pyridine rings is 1. The predicted molar refractivity (Wildman–Crippen MR) is 77.6 cm³/mol. The smallest absolute Gasteiger partial charge is 0.356 e. The third-order valence-electron chi connectivity index (χ3n) is 3.76. The van der Waals surface area contributed by atoms with Crippen molar-refractivity contribution < 1.29 is 9.53 Å². The van der Waals surface area contributed by atoms with Gasteiger partial charge in [-0.1, -0.05) is 13.0 Å². The molecule has 0 amide bonds. The summed E-state index contributed by atoms with van der Waals surface area (Å²) in [6.07, 6.45) is 2.44. The van der Waals surface area contributed by atoms with Gasteiger partial charge in [-0.15, -0.1) is 0 Å². The molecule has 5 nitrogen and oxygen atoms in total. The molecule has 0 spiro atoms. The molecule has 1 aliphatic rings. The lowest BCUT2D eigenvalue weighted by atomic mass is 10.1. The molecule has 110 valence electrons. The van der Waals surface area contributed by atoms with Gasteiger partial charge in [-0.2, -0.15) is 0 Å². The van der Waals surface area contributed by atoms with Crippen LogP contribution < -0.4 is 5.32 Å². The minimum absolute atomic E-state index is 0.378. The van der Waals surface area contributed by atoms with Gasteiger partial charge < -0.3 is 10.1 Å². The Morgan fingerprint density at radius 2 is 2.40 bits per heavy atom. The Labute approximate surface area is 120 Å². The summed E-state index contributed by atoms with van der Waals surface area (Å²) >= 11 is 0. The number of nitrogens with zero attached hydrogens (tertiary/aromatic N) is 2. The molecule has 1 aliphatic heterocycles. The Kier molecular flexibility index (Phi) is 5.49. The minimum Gasteiger partial charge on any atom is -0.464 e. The number of aromatic nitrogens is 1. The van der Waals surface area contributed by atoms with Crippen LogP contribution in [-0.4, -0.2) is 48.6 Å². The van der Waals surface area contributed by atoms with E-state index in [-0.39, 0.29) is 5.97 Å². The molecule has 2 rings (SSSR count). The normalized spacial score (nSPS) is 19.1. The van der Waals surface area contributed by atoms with E-state index in [1.165, 1.54) is 20.0 Å². The molecule has 1 aromatic rings. The van der Waals surface area contributed by atoms with Crippen molar-refractivity contribution in [1.29, 1.82) is 0 Å². The van der Waals surface area contributed by atoms with Gasteiger partial charge in [0.25, 0.3) is 0 Å². The first-order valence-corrected chi connectivity index (χ1v) is 7.23. The Bertz CT molecular complexity index is 444. The maximum atomic E-state index is 11.5. The minimum atomic E-state index is -0.380. The van der Waals surface area contributed by atoms with Gasteiger partial charge in [0, 0.05) is 19.1 Å². The van der Waals surface area contributed by atoms with Gasteiger partial charge in [0.2, 0.25) is 0 Å². The average molecular weight is 277 g/mol. The molecule has 0 radical (unpaired) electrons. The second kappa shape index (κ2) is 7.36. The fourth-order valence-electron chi connectivity index (χ4n) is 2.64. The first-order valence-electron chi connectivity index (χ1n) is 7.23. The van der Waals surface area contributed by atoms with Crippen molar-refractivity contribution in [1.82, 2.24) is 15.2 Å². The molecule has 1 saturated heterocycles. The first-order chi connectivity index (χ1) is 9.74. The van der Waals surface area contributed by atoms with Crippen LogP contribution >= 0.6 is 0 Å². The molecular formula is C15H23N3O2. The number of hydrogen-bond donors (Lipinski definition) is 1. The molecule has 0 bridgehead atoms. The number of hydrogen-bond acceptors (Lipinski definition) is 5. The molecule has 1 fully saturated rings. The monoisotopic (exact) mass is 277 g/mol. The molecule has 0 aromatic carbocycles. The summed E-state index contributed by atoms with van der Waals surface area (Å²) in [7, 11) is 1.38. The molecule has 0 aliphatic carbocycles. The van der Waals surface area contributed by atoms with Crippen LogP contribution in [0.4, 0.5) is 0 Å². The van der Waals surface area contributed by atoms with Gasteiger partial charge in [-0.3, -0.25) is 4.90 Å². The summed E-state index contributed by atoms with van der Waals surface area (Å²) in [5.74, 6) is -0.380. The Morgan fingerprint density at radius 3 is 3.05 bits per heavy atom. The lowest BCUT2D eigenvalue weighted by Crippen LogP contribution is -2.45. The van der Waals surface area contributed by atoms with E-state index in [2.05, 4.69) is 22.1 Å². The molecule has 1 N–H and O–H groups in total. The lowest BCUT2D eigenvalue weighted by Gasteiger charge is -2.33. The van der Waals surface area contributed by atoms with Crippen LogP contribution in [0.1, 0.15) is 35.9 Å². The molecule has 20 heavy (non-hydrogen) atoms. The zero-order valence-corrected chi connectivity index (χ0v) is 12.3. The van der Waals surface area contributed by atoms with Gasteiger partial charge in [0.15, 0.2) is 0 Å². The number of rotatable bonds is 5. The number of carbonyl (C=O) groups is 1. The van der Waals surface area contributed by atoms with Crippen molar-refractivity contribution in [2.24, 2.45) is 0 Å². The van der Waals surface area contributed by atoms with Crippen LogP contribution in [0.15, 0.2) is 18.2 Å². The van der Waals surface area contributed by atoms with Crippen LogP contribution in [0.3, 0.4) is 0 Å². The Hall–Kier alpha value is -1.46. The van der Waals surface area contributed by atoms with Crippen molar-refractivity contribution in [3.05, 3.63) is 29.6 Å². The lowest BCUT2D eigenvalue weighted by molar-refractivity contribution is 0.0593. The highest BCUT2D eigenvalue weighted by molar-refractivity contribution is 5.87. The van der Waals surface area contributed by atoms with E-state index in [9.17, 15) is 4.79 Å². The van der Waals surface area contributed by atoms with Crippen LogP contribution in [0.5, 0.6) is 0 Å². The van der Waals surface area contributed by atoms with E-state index in [0.29, 0.717) is 11.7 Å². The van der Waals surface area contributed by atoms with Crippen LogP contribution in [0.2, 0.25) is 0 Å². The third-order valence-corrected chi connectivity index (χ3v) is 3.76. The molecule has 5 heteroatoms. The number of nitrogens with one attached hydrogen (secondary N) is 1. The molecular weight excluding hydrogens is 254 g/mol. The molecule has 1 aromatic heterocycles. The topological polar surface area (TPSA) is 54.5 Å². The number of ether oxygens (including phenoxy) is 1. The Balaban J connectivity index is 2.05. The summed E-state index contributed by atoms with van der Waals surface area (Å²) in [6, 6.07) is 6.07. The SMILES string of the molecule is CCN(Cc1cccc(C(=O)OC)n1)C1CCCNC1. The highest BCUT2D eigenvalue weighted by Gasteiger charge is 2.20. The maximum absolute atomic E-state index is 11.5. The molecule has 0 saturated carbocycles. The van der Waals surface area contributed by atoms with E-state index < -0.39 is 0 Å². The Morgan fingerprint density at radius 1 is 1.55 bits per heavy atom. The maximum Gasteiger partial charge on any atom is 0.356 e. The van der Waals surface area contributed by atoms with Crippen molar-refractivity contribution in [2.75, 3.05) is 26.7 Å². The van der Waals surface area contributed by atoms with Crippen molar-refractivity contribution in [3.63, 3.8) is 0 Å². The van der Waals surface area contributed by atoms with E-state index >= 15 is 0 Å². The summed E-state index contributed by atoms with van der Waals surface area (Å²) in [4.78, 5) is 18.3. The fraction of sp³-hybridized carbons (Fsp3) is 0.600. The van der Waals surface area contributed by atoms with E-state index in [4.69, 9.17) is 4.74 Å². The average Bonchev–Trinajstić information content (AvgIpc) is 2.53. The van der Waals surface area contributed by atoms with Crippen LogP contribution in [0, 0.1) is 0 Å². The summed E-state index contributed by atoms with van der Waals surface area (Å²) < 4.78 is 4.71. The zero-order chi connectivity index (χ0) is 14.4. The van der Waals surface area contributed by atoms with Crippen LogP contribution in [-0.2, 0) is 11.3 Å². The fourth-order valence-corrected chi connectivity index (χ4v) is 2.64. The van der Waals surface area contributed by atoms with Crippen molar-refractivity contribution in [3.8, 4) is 0 Å². The third kappa shape index (κ3) is 3.77.